The number of benzene rings is 3. The van der Waals surface area contributed by atoms with Gasteiger partial charge in [0.2, 0.25) is 0 Å². The molecule has 0 bridgehead atoms. The van der Waals surface area contributed by atoms with Crippen molar-refractivity contribution in [3.05, 3.63) is 93.6 Å². The molecule has 7 nitrogen and oxygen atoms in total. The maximum Gasteiger partial charge on any atom is 0.416 e. The van der Waals surface area contributed by atoms with Crippen molar-refractivity contribution < 1.29 is 24.5 Å². The van der Waals surface area contributed by atoms with Crippen molar-refractivity contribution in [3.8, 4) is 11.5 Å². The van der Waals surface area contributed by atoms with Crippen molar-refractivity contribution in [2.75, 3.05) is 19.8 Å². The van der Waals surface area contributed by atoms with E-state index < -0.39 is 18.2 Å². The molecule has 1 unspecified atom stereocenters. The molecular weight excluding hydrogens is 503 g/mol. The molecule has 3 N–H and O–H groups in total. The Bertz CT molecular complexity index is 1370. The van der Waals surface area contributed by atoms with Gasteiger partial charge in [-0.05, 0) is 72.1 Å². The van der Waals surface area contributed by atoms with E-state index in [1.54, 1.807) is 41.3 Å². The maximum absolute atomic E-state index is 13.4. The first kappa shape index (κ1) is 24.5. The zero-order valence-corrected chi connectivity index (χ0v) is 20.7. The number of nitrogens with one attached hydrogen (secondary N) is 1. The summed E-state index contributed by atoms with van der Waals surface area (Å²) in [5.41, 5.74) is 3.81. The third-order valence-corrected chi connectivity index (χ3v) is 6.68. The number of ether oxygens (including phenoxy) is 2. The van der Waals surface area contributed by atoms with Crippen molar-refractivity contribution in [2.45, 2.75) is 18.6 Å². The highest BCUT2D eigenvalue weighted by Crippen LogP contribution is 2.40. The van der Waals surface area contributed by atoms with Crippen LogP contribution in [0.4, 0.5) is 4.79 Å². The molecule has 1 aliphatic heterocycles. The van der Waals surface area contributed by atoms with Crippen LogP contribution in [-0.2, 0) is 6.42 Å². The molecule has 0 aliphatic carbocycles. The van der Waals surface area contributed by atoms with E-state index in [4.69, 9.17) is 37.8 Å². The molecule has 0 saturated heterocycles. The summed E-state index contributed by atoms with van der Waals surface area (Å²) in [7, 11) is 0. The Hall–Kier alpha value is -3.23. The molecule has 0 spiro atoms. The molecule has 3 aromatic carbocycles. The highest BCUT2D eigenvalue weighted by Gasteiger charge is 2.35. The summed E-state index contributed by atoms with van der Waals surface area (Å²) in [6.07, 6.45) is -0.791. The van der Waals surface area contributed by atoms with E-state index in [-0.39, 0.29) is 13.2 Å². The minimum Gasteiger partial charge on any atom is -0.491 e. The number of aliphatic hydroxyl groups is 2. The predicted molar refractivity (Wildman–Crippen MR) is 138 cm³/mol. The lowest BCUT2D eigenvalue weighted by atomic mass is 9.92. The van der Waals surface area contributed by atoms with Gasteiger partial charge in [-0.3, -0.25) is 4.90 Å². The van der Waals surface area contributed by atoms with E-state index >= 15 is 0 Å². The van der Waals surface area contributed by atoms with Gasteiger partial charge in [0.15, 0.2) is 0 Å². The number of aromatic amines is 1. The SMILES string of the molecule is O=C(Oc1ccc(Cl)cc1)N1CCc2c([nH]c3ccc(Cl)cc23)C1c1ccc(OC[C@H](O)CO)cc1. The zero-order valence-electron chi connectivity index (χ0n) is 19.2. The van der Waals surface area contributed by atoms with Crippen LogP contribution in [0.15, 0.2) is 66.7 Å². The predicted octanol–water partition coefficient (Wildman–Crippen LogP) is 5.35. The van der Waals surface area contributed by atoms with Crippen LogP contribution in [0.2, 0.25) is 10.0 Å². The third-order valence-electron chi connectivity index (χ3n) is 6.19. The summed E-state index contributed by atoms with van der Waals surface area (Å²) in [5, 5.41) is 20.8. The van der Waals surface area contributed by atoms with Crippen LogP contribution < -0.4 is 9.47 Å². The first-order valence-electron chi connectivity index (χ1n) is 11.5. The molecule has 2 atom stereocenters. The Morgan fingerprint density at radius 2 is 1.72 bits per heavy atom. The van der Waals surface area contributed by atoms with E-state index in [0.717, 1.165) is 27.7 Å². The summed E-state index contributed by atoms with van der Waals surface area (Å²) < 4.78 is 11.2. The largest absolute Gasteiger partial charge is 0.491 e. The fourth-order valence-corrected chi connectivity index (χ4v) is 4.76. The van der Waals surface area contributed by atoms with E-state index in [2.05, 4.69) is 4.98 Å². The van der Waals surface area contributed by atoms with Gasteiger partial charge in [0.1, 0.15) is 30.3 Å². The van der Waals surface area contributed by atoms with Crippen LogP contribution >= 0.6 is 23.2 Å². The van der Waals surface area contributed by atoms with Crippen molar-refractivity contribution in [1.82, 2.24) is 9.88 Å². The number of fused-ring (bicyclic) bond motifs is 3. The van der Waals surface area contributed by atoms with E-state index in [1.165, 1.54) is 0 Å². The molecule has 186 valence electrons. The lowest BCUT2D eigenvalue weighted by Crippen LogP contribution is -2.42. The summed E-state index contributed by atoms with van der Waals surface area (Å²) in [5.74, 6) is 0.949. The van der Waals surface area contributed by atoms with Gasteiger partial charge < -0.3 is 24.7 Å². The van der Waals surface area contributed by atoms with Crippen LogP contribution in [0.3, 0.4) is 0 Å². The molecule has 4 aromatic rings. The lowest BCUT2D eigenvalue weighted by molar-refractivity contribution is 0.0536. The number of hydrogen-bond acceptors (Lipinski definition) is 5. The Balaban J connectivity index is 1.50. The molecule has 5 rings (SSSR count). The normalized spacial score (nSPS) is 16.0. The van der Waals surface area contributed by atoms with E-state index in [9.17, 15) is 9.90 Å². The number of amides is 1. The quantitative estimate of drug-likeness (QED) is 0.314. The van der Waals surface area contributed by atoms with Gasteiger partial charge in [-0.1, -0.05) is 35.3 Å². The number of carbonyl (C=O) groups is 1. The molecule has 1 aliphatic rings. The van der Waals surface area contributed by atoms with Crippen molar-refractivity contribution in [3.63, 3.8) is 0 Å². The molecular formula is C27H24Cl2N2O5. The molecule has 36 heavy (non-hydrogen) atoms. The van der Waals surface area contributed by atoms with Crippen LogP contribution in [0.25, 0.3) is 10.9 Å². The second-order valence-corrected chi connectivity index (χ2v) is 9.46. The number of aromatic nitrogens is 1. The number of H-pyrrole nitrogens is 1. The molecule has 0 radical (unpaired) electrons. The Morgan fingerprint density at radius 1 is 1.03 bits per heavy atom. The van der Waals surface area contributed by atoms with Gasteiger partial charge in [0, 0.05) is 33.2 Å². The highest BCUT2D eigenvalue weighted by atomic mass is 35.5. The topological polar surface area (TPSA) is 95.0 Å². The number of aliphatic hydroxyl groups excluding tert-OH is 2. The fraction of sp³-hybridized carbons (Fsp3) is 0.222. The van der Waals surface area contributed by atoms with Crippen molar-refractivity contribution in [2.24, 2.45) is 0 Å². The Labute approximate surface area is 217 Å². The first-order valence-corrected chi connectivity index (χ1v) is 12.2. The van der Waals surface area contributed by atoms with Crippen LogP contribution in [0.5, 0.6) is 11.5 Å². The number of hydrogen-bond donors (Lipinski definition) is 3. The average Bonchev–Trinajstić information content (AvgIpc) is 3.26. The maximum atomic E-state index is 13.4. The monoisotopic (exact) mass is 526 g/mol. The van der Waals surface area contributed by atoms with Gasteiger partial charge in [-0.15, -0.1) is 0 Å². The van der Waals surface area contributed by atoms with Crippen LogP contribution in [0.1, 0.15) is 22.9 Å². The van der Waals surface area contributed by atoms with E-state index in [1.807, 2.05) is 30.3 Å². The minimum absolute atomic E-state index is 0.0221. The fourth-order valence-electron chi connectivity index (χ4n) is 4.46. The van der Waals surface area contributed by atoms with Crippen molar-refractivity contribution >= 4 is 40.2 Å². The number of nitrogens with zero attached hydrogens (tertiary/aromatic N) is 1. The molecule has 1 amide bonds. The Morgan fingerprint density at radius 3 is 2.44 bits per heavy atom. The third kappa shape index (κ3) is 5.01. The average molecular weight is 527 g/mol. The second-order valence-electron chi connectivity index (χ2n) is 8.59. The van der Waals surface area contributed by atoms with Gasteiger partial charge in [-0.25, -0.2) is 4.79 Å². The Kier molecular flexibility index (Phi) is 7.07. The van der Waals surface area contributed by atoms with Gasteiger partial charge in [-0.2, -0.15) is 0 Å². The second kappa shape index (κ2) is 10.4. The van der Waals surface area contributed by atoms with Crippen LogP contribution in [0, 0.1) is 0 Å². The number of halogens is 2. The standard InChI is InChI=1S/C27H24Cl2N2O5/c28-17-3-8-21(9-4-17)36-27(34)31-12-11-22-23-13-18(29)5-10-24(23)30-25(22)26(31)16-1-6-20(7-2-16)35-15-19(33)14-32/h1-10,13,19,26,30,32-33H,11-12,14-15H2/t19-,26?/m1/s1. The van der Waals surface area contributed by atoms with Gasteiger partial charge in [0.05, 0.1) is 6.61 Å². The highest BCUT2D eigenvalue weighted by molar-refractivity contribution is 6.31. The van der Waals surface area contributed by atoms with E-state index in [0.29, 0.717) is 34.5 Å². The number of carbonyl (C=O) groups excluding carboxylic acids is 1. The lowest BCUT2D eigenvalue weighted by Gasteiger charge is -2.35. The summed E-state index contributed by atoms with van der Waals surface area (Å²) in [6.45, 7) is 0.0499. The molecule has 0 saturated carbocycles. The van der Waals surface area contributed by atoms with Gasteiger partial charge >= 0.3 is 6.09 Å². The van der Waals surface area contributed by atoms with Crippen molar-refractivity contribution in [1.29, 1.82) is 0 Å². The summed E-state index contributed by atoms with van der Waals surface area (Å²) in [4.78, 5) is 18.5. The smallest absolute Gasteiger partial charge is 0.416 e. The zero-order chi connectivity index (χ0) is 25.2. The summed E-state index contributed by atoms with van der Waals surface area (Å²) in [6, 6.07) is 19.2. The molecule has 9 heteroatoms. The summed E-state index contributed by atoms with van der Waals surface area (Å²) >= 11 is 12.2. The first-order chi connectivity index (χ1) is 17.4. The molecule has 0 fully saturated rings. The minimum atomic E-state index is -0.957. The van der Waals surface area contributed by atoms with Gasteiger partial charge in [0.25, 0.3) is 0 Å². The van der Waals surface area contributed by atoms with Crippen LogP contribution in [-0.4, -0.2) is 52.1 Å². The number of rotatable bonds is 6. The molecule has 2 heterocycles. The molecule has 1 aromatic heterocycles.